The maximum Gasteiger partial charge on any atom is 0.213 e. The van der Waals surface area contributed by atoms with Crippen LogP contribution in [0.2, 0.25) is 0 Å². The molecule has 1 unspecified atom stereocenters. The molecule has 178 valence electrons. The number of hydrogen-bond donors (Lipinski definition) is 1. The second kappa shape index (κ2) is 9.99. The van der Waals surface area contributed by atoms with Gasteiger partial charge in [-0.25, -0.2) is 14.5 Å². The van der Waals surface area contributed by atoms with Crippen LogP contribution in [0.3, 0.4) is 0 Å². The second-order valence-corrected chi connectivity index (χ2v) is 8.59. The number of fused-ring (bicyclic) bond motifs is 1. The molecule has 0 aromatic carbocycles. The Balaban J connectivity index is 1.33. The molecule has 35 heavy (non-hydrogen) atoms. The maximum absolute atomic E-state index is 9.58. The molecule has 1 aliphatic heterocycles. The minimum atomic E-state index is -0.596. The first-order valence-corrected chi connectivity index (χ1v) is 11.6. The first-order valence-electron chi connectivity index (χ1n) is 11.6. The summed E-state index contributed by atoms with van der Waals surface area (Å²) in [6, 6.07) is 13.7. The molecule has 1 atom stereocenters. The predicted molar refractivity (Wildman–Crippen MR) is 130 cm³/mol. The van der Waals surface area contributed by atoms with E-state index in [-0.39, 0.29) is 12.7 Å². The summed E-state index contributed by atoms with van der Waals surface area (Å²) in [4.78, 5) is 11.2. The lowest BCUT2D eigenvalue weighted by atomic mass is 10.0. The van der Waals surface area contributed by atoms with Gasteiger partial charge in [0.1, 0.15) is 30.3 Å². The minimum Gasteiger partial charge on any atom is -0.489 e. The molecule has 5 rings (SSSR count). The van der Waals surface area contributed by atoms with Gasteiger partial charge in [-0.1, -0.05) is 6.07 Å². The van der Waals surface area contributed by atoms with E-state index in [9.17, 15) is 10.4 Å². The first-order chi connectivity index (χ1) is 17.1. The topological polar surface area (TPSA) is 109 Å². The third-order valence-electron chi connectivity index (χ3n) is 5.95. The number of rotatable bonds is 7. The van der Waals surface area contributed by atoms with Crippen molar-refractivity contribution in [3.8, 4) is 28.8 Å². The summed E-state index contributed by atoms with van der Waals surface area (Å²) in [7, 11) is 0. The Labute approximate surface area is 203 Å². The molecule has 4 aromatic rings. The number of nitrogens with zero attached hydrogens (tertiary/aromatic N) is 6. The van der Waals surface area contributed by atoms with Crippen LogP contribution in [0, 0.1) is 11.3 Å². The van der Waals surface area contributed by atoms with E-state index in [2.05, 4.69) is 21.1 Å². The van der Waals surface area contributed by atoms with Crippen molar-refractivity contribution in [2.24, 2.45) is 0 Å². The van der Waals surface area contributed by atoms with Crippen LogP contribution in [0.25, 0.3) is 16.6 Å². The summed E-state index contributed by atoms with van der Waals surface area (Å²) >= 11 is 0. The van der Waals surface area contributed by atoms with Gasteiger partial charge in [0, 0.05) is 55.5 Å². The Hall–Kier alpha value is -4.16. The summed E-state index contributed by atoms with van der Waals surface area (Å²) in [5.74, 6) is 2.12. The van der Waals surface area contributed by atoms with Crippen LogP contribution < -0.4 is 14.4 Å². The molecule has 9 heteroatoms. The fraction of sp³-hybridized carbons (Fsp3) is 0.308. The molecule has 1 N–H and O–H groups in total. The van der Waals surface area contributed by atoms with Crippen molar-refractivity contribution in [2.75, 3.05) is 24.6 Å². The van der Waals surface area contributed by atoms with Crippen molar-refractivity contribution in [1.29, 1.82) is 5.26 Å². The van der Waals surface area contributed by atoms with Crippen molar-refractivity contribution in [1.82, 2.24) is 19.6 Å². The smallest absolute Gasteiger partial charge is 0.213 e. The van der Waals surface area contributed by atoms with Crippen LogP contribution in [0.1, 0.15) is 25.3 Å². The summed E-state index contributed by atoms with van der Waals surface area (Å²) < 4.78 is 13.3. The normalized spacial score (nSPS) is 15.1. The molecule has 0 amide bonds. The van der Waals surface area contributed by atoms with Gasteiger partial charge in [0.25, 0.3) is 0 Å². The Bertz CT molecular complexity index is 1320. The Morgan fingerprint density at radius 3 is 2.71 bits per heavy atom. The van der Waals surface area contributed by atoms with Crippen molar-refractivity contribution in [3.63, 3.8) is 0 Å². The molecule has 4 aromatic heterocycles. The van der Waals surface area contributed by atoms with E-state index in [1.165, 1.54) is 6.20 Å². The summed E-state index contributed by atoms with van der Waals surface area (Å²) in [5.41, 5.74) is 2.82. The van der Waals surface area contributed by atoms with Gasteiger partial charge in [-0.2, -0.15) is 10.4 Å². The van der Waals surface area contributed by atoms with Gasteiger partial charge in [0.05, 0.1) is 29.6 Å². The van der Waals surface area contributed by atoms with E-state index in [0.29, 0.717) is 22.7 Å². The molecule has 9 nitrogen and oxygen atoms in total. The van der Waals surface area contributed by atoms with Gasteiger partial charge >= 0.3 is 0 Å². The second-order valence-electron chi connectivity index (χ2n) is 8.59. The number of pyridine rings is 3. The zero-order valence-electron chi connectivity index (χ0n) is 19.4. The molecular formula is C26H26N6O3. The van der Waals surface area contributed by atoms with Gasteiger partial charge in [0.15, 0.2) is 0 Å². The van der Waals surface area contributed by atoms with Gasteiger partial charge in [-0.15, -0.1) is 0 Å². The van der Waals surface area contributed by atoms with E-state index in [0.717, 1.165) is 42.9 Å². The van der Waals surface area contributed by atoms with Gasteiger partial charge in [-0.05, 0) is 31.2 Å². The highest BCUT2D eigenvalue weighted by molar-refractivity contribution is 5.85. The maximum atomic E-state index is 9.58. The van der Waals surface area contributed by atoms with Crippen LogP contribution in [-0.4, -0.2) is 56.6 Å². The lowest BCUT2D eigenvalue weighted by Gasteiger charge is -2.32. The van der Waals surface area contributed by atoms with Gasteiger partial charge < -0.3 is 19.5 Å². The number of ether oxygens (including phenoxy) is 2. The number of piperidine rings is 1. The molecule has 0 saturated carbocycles. The van der Waals surface area contributed by atoms with E-state index in [4.69, 9.17) is 14.5 Å². The fourth-order valence-electron chi connectivity index (χ4n) is 4.22. The van der Waals surface area contributed by atoms with Crippen LogP contribution >= 0.6 is 0 Å². The van der Waals surface area contributed by atoms with Crippen LogP contribution in [0.15, 0.2) is 61.2 Å². The van der Waals surface area contributed by atoms with Crippen molar-refractivity contribution in [2.45, 2.75) is 32.0 Å². The summed E-state index contributed by atoms with van der Waals surface area (Å²) in [6.07, 6.45) is 8.13. The minimum absolute atomic E-state index is 0.143. The third kappa shape index (κ3) is 5.03. The van der Waals surface area contributed by atoms with Crippen molar-refractivity contribution >= 4 is 11.3 Å². The Morgan fingerprint density at radius 1 is 1.17 bits per heavy atom. The predicted octanol–water partition coefficient (Wildman–Crippen LogP) is 3.47. The zero-order valence-corrected chi connectivity index (χ0v) is 19.4. The lowest BCUT2D eigenvalue weighted by molar-refractivity contribution is 0.122. The molecule has 1 aliphatic rings. The number of hydrogen-bond acceptors (Lipinski definition) is 8. The molecule has 1 fully saturated rings. The van der Waals surface area contributed by atoms with E-state index in [1.807, 2.05) is 42.6 Å². The zero-order chi connectivity index (χ0) is 24.2. The average Bonchev–Trinajstić information content (AvgIpc) is 3.31. The molecule has 0 radical (unpaired) electrons. The van der Waals surface area contributed by atoms with Crippen LogP contribution in [0.4, 0.5) is 5.82 Å². The van der Waals surface area contributed by atoms with Crippen LogP contribution in [-0.2, 0) is 0 Å². The number of nitriles is 1. The Kier molecular flexibility index (Phi) is 6.46. The summed E-state index contributed by atoms with van der Waals surface area (Å²) in [5, 5.41) is 23.4. The number of aromatic nitrogens is 4. The van der Waals surface area contributed by atoms with Crippen molar-refractivity contribution < 1.29 is 14.6 Å². The van der Waals surface area contributed by atoms with Gasteiger partial charge in [-0.3, -0.25) is 0 Å². The quantitative estimate of drug-likeness (QED) is 0.437. The highest BCUT2D eigenvalue weighted by Gasteiger charge is 2.22. The van der Waals surface area contributed by atoms with Crippen LogP contribution in [0.5, 0.6) is 11.6 Å². The molecule has 0 spiro atoms. The number of aliphatic hydroxyl groups excluding tert-OH is 1. The molecule has 0 bridgehead atoms. The standard InChI is InChI=1S/C26H26N6O3/c1-18(33)17-34-22-12-23(26-20(13-27)15-30-32(26)16-22)19-5-6-24(29-14-19)31-10-7-21(8-11-31)35-25-4-2-3-9-28-25/h2-6,9,12,14-16,18,21,33H,7-8,10-11,17H2,1H3. The molecule has 0 aliphatic carbocycles. The summed E-state index contributed by atoms with van der Waals surface area (Å²) in [6.45, 7) is 3.52. The fourth-order valence-corrected chi connectivity index (χ4v) is 4.22. The molecular weight excluding hydrogens is 444 g/mol. The molecule has 5 heterocycles. The van der Waals surface area contributed by atoms with Crippen molar-refractivity contribution in [3.05, 3.63) is 66.7 Å². The first kappa shape index (κ1) is 22.6. The van der Waals surface area contributed by atoms with E-state index >= 15 is 0 Å². The Morgan fingerprint density at radius 2 is 2.03 bits per heavy atom. The van der Waals surface area contributed by atoms with E-state index < -0.39 is 6.10 Å². The average molecular weight is 471 g/mol. The lowest BCUT2D eigenvalue weighted by Crippen LogP contribution is -2.38. The SMILES string of the molecule is CC(O)COc1cc(-c2ccc(N3CCC(Oc4ccccn4)CC3)nc2)c2c(C#N)cnn2c1. The highest BCUT2D eigenvalue weighted by atomic mass is 16.5. The van der Waals surface area contributed by atoms with E-state index in [1.54, 1.807) is 23.8 Å². The number of aliphatic hydroxyl groups is 1. The van der Waals surface area contributed by atoms with Gasteiger partial charge in [0.2, 0.25) is 5.88 Å². The highest BCUT2D eigenvalue weighted by Crippen LogP contribution is 2.32. The monoisotopic (exact) mass is 470 g/mol. The largest absolute Gasteiger partial charge is 0.489 e. The third-order valence-corrected chi connectivity index (χ3v) is 5.95. The number of anilines is 1. The molecule has 1 saturated heterocycles.